The molecule has 0 atom stereocenters. The highest BCUT2D eigenvalue weighted by molar-refractivity contribution is 6.62. The van der Waals surface area contributed by atoms with Gasteiger partial charge in [-0.15, -0.1) is 0 Å². The van der Waals surface area contributed by atoms with Gasteiger partial charge in [-0.2, -0.15) is 0 Å². The Hall–Kier alpha value is -1.86. The number of esters is 2. The lowest BCUT2D eigenvalue weighted by Crippen LogP contribution is -2.41. The van der Waals surface area contributed by atoms with Crippen LogP contribution in [-0.2, 0) is 18.8 Å². The minimum Gasteiger partial charge on any atom is -0.456 e. The first-order valence-electron chi connectivity index (χ1n) is 9.88. The van der Waals surface area contributed by atoms with Crippen molar-refractivity contribution >= 4 is 24.5 Å². The van der Waals surface area contributed by atoms with E-state index in [-0.39, 0.29) is 11.1 Å². The van der Waals surface area contributed by atoms with Gasteiger partial charge in [0.05, 0.1) is 22.3 Å². The molecule has 1 aromatic rings. The fourth-order valence-corrected chi connectivity index (χ4v) is 2.68. The smallest absolute Gasteiger partial charge is 0.456 e. The van der Waals surface area contributed by atoms with Crippen LogP contribution in [0.4, 0.5) is 0 Å². The average Bonchev–Trinajstić information content (AvgIpc) is 2.71. The zero-order valence-electron chi connectivity index (χ0n) is 19.3. The number of ether oxygens (including phenoxy) is 2. The lowest BCUT2D eigenvalue weighted by atomic mass is 9.77. The SMILES string of the molecule is CC(C)(C)OC(=O)c1cc(B2OC(C)(C)C(C)(C)O2)cc(C(=O)OC(C)(C)C)c1. The average molecular weight is 404 g/mol. The molecule has 2 rings (SSSR count). The molecule has 7 heteroatoms. The van der Waals surface area contributed by atoms with E-state index in [1.165, 1.54) is 6.07 Å². The van der Waals surface area contributed by atoms with Gasteiger partial charge in [-0.25, -0.2) is 9.59 Å². The van der Waals surface area contributed by atoms with E-state index in [1.54, 1.807) is 53.7 Å². The molecular weight excluding hydrogens is 371 g/mol. The molecule has 0 bridgehead atoms. The summed E-state index contributed by atoms with van der Waals surface area (Å²) in [4.78, 5) is 25.4. The van der Waals surface area contributed by atoms with Crippen LogP contribution in [0.2, 0.25) is 0 Å². The van der Waals surface area contributed by atoms with Crippen molar-refractivity contribution in [2.45, 2.75) is 91.6 Å². The van der Waals surface area contributed by atoms with Gasteiger partial charge in [-0.1, -0.05) is 0 Å². The summed E-state index contributed by atoms with van der Waals surface area (Å²) in [7, 11) is -0.719. The third kappa shape index (κ3) is 5.83. The molecule has 1 heterocycles. The Balaban J connectivity index is 2.48. The number of carbonyl (C=O) groups is 2. The number of rotatable bonds is 3. The first kappa shape index (κ1) is 23.4. The fourth-order valence-electron chi connectivity index (χ4n) is 2.68. The van der Waals surface area contributed by atoms with Gasteiger partial charge in [0.1, 0.15) is 11.2 Å². The second-order valence-corrected chi connectivity index (χ2v) is 10.4. The molecule has 0 amide bonds. The molecule has 0 radical (unpaired) electrons. The third-order valence-electron chi connectivity index (χ3n) is 4.75. The first-order valence-corrected chi connectivity index (χ1v) is 9.88. The van der Waals surface area contributed by atoms with Crippen molar-refractivity contribution in [2.75, 3.05) is 0 Å². The van der Waals surface area contributed by atoms with E-state index in [1.807, 2.05) is 27.7 Å². The van der Waals surface area contributed by atoms with Gasteiger partial charge < -0.3 is 18.8 Å². The Morgan fingerprint density at radius 2 is 1.10 bits per heavy atom. The second-order valence-electron chi connectivity index (χ2n) is 10.4. The van der Waals surface area contributed by atoms with Crippen molar-refractivity contribution in [3.05, 3.63) is 29.3 Å². The summed E-state index contributed by atoms with van der Waals surface area (Å²) in [6.45, 7) is 18.5. The standard InChI is InChI=1S/C22H33BO6/c1-19(2,3)26-17(24)14-11-15(18(25)27-20(4,5)6)13-16(12-14)23-28-21(7,8)22(9,10)29-23/h11-13H,1-10H3. The largest absolute Gasteiger partial charge is 0.494 e. The summed E-state index contributed by atoms with van der Waals surface area (Å²) in [5, 5.41) is 0. The number of hydrogen-bond donors (Lipinski definition) is 0. The molecule has 160 valence electrons. The van der Waals surface area contributed by atoms with Crippen molar-refractivity contribution in [3.8, 4) is 0 Å². The Bertz CT molecular complexity index is 736. The van der Waals surface area contributed by atoms with Gasteiger partial charge in [0, 0.05) is 0 Å². The molecule has 0 spiro atoms. The van der Waals surface area contributed by atoms with Gasteiger partial charge in [-0.05, 0) is 92.9 Å². The lowest BCUT2D eigenvalue weighted by Gasteiger charge is -2.32. The van der Waals surface area contributed by atoms with Crippen LogP contribution in [0.3, 0.4) is 0 Å². The summed E-state index contributed by atoms with van der Waals surface area (Å²) >= 11 is 0. The summed E-state index contributed by atoms with van der Waals surface area (Å²) in [6, 6.07) is 4.77. The molecule has 0 unspecified atom stereocenters. The normalized spacial score (nSPS) is 18.5. The van der Waals surface area contributed by atoms with Gasteiger partial charge in [0.25, 0.3) is 0 Å². The van der Waals surface area contributed by atoms with E-state index in [0.29, 0.717) is 5.46 Å². The molecule has 29 heavy (non-hydrogen) atoms. The van der Waals surface area contributed by atoms with Crippen LogP contribution >= 0.6 is 0 Å². The molecule has 0 N–H and O–H groups in total. The first-order chi connectivity index (χ1) is 12.9. The van der Waals surface area contributed by atoms with Crippen LogP contribution < -0.4 is 5.46 Å². The maximum absolute atomic E-state index is 12.7. The number of hydrogen-bond acceptors (Lipinski definition) is 6. The van der Waals surface area contributed by atoms with Crippen LogP contribution in [0.25, 0.3) is 0 Å². The fraction of sp³-hybridized carbons (Fsp3) is 0.636. The summed E-state index contributed by atoms with van der Waals surface area (Å²) in [6.07, 6.45) is 0. The topological polar surface area (TPSA) is 71.1 Å². The van der Waals surface area contributed by atoms with E-state index in [9.17, 15) is 9.59 Å². The van der Waals surface area contributed by atoms with E-state index in [0.717, 1.165) is 0 Å². The number of carbonyl (C=O) groups excluding carboxylic acids is 2. The van der Waals surface area contributed by atoms with Crippen LogP contribution in [-0.4, -0.2) is 41.5 Å². The highest BCUT2D eigenvalue weighted by Crippen LogP contribution is 2.36. The monoisotopic (exact) mass is 404 g/mol. The van der Waals surface area contributed by atoms with Crippen molar-refractivity contribution < 1.29 is 28.4 Å². The van der Waals surface area contributed by atoms with Crippen molar-refractivity contribution in [1.29, 1.82) is 0 Å². The van der Waals surface area contributed by atoms with Gasteiger partial charge in [0.15, 0.2) is 0 Å². The maximum atomic E-state index is 12.7. The van der Waals surface area contributed by atoms with Crippen LogP contribution in [0, 0.1) is 0 Å². The van der Waals surface area contributed by atoms with Crippen LogP contribution in [0.5, 0.6) is 0 Å². The molecule has 1 aliphatic heterocycles. The third-order valence-corrected chi connectivity index (χ3v) is 4.75. The van der Waals surface area contributed by atoms with Crippen molar-refractivity contribution in [3.63, 3.8) is 0 Å². The molecule has 0 aromatic heterocycles. The van der Waals surface area contributed by atoms with Crippen LogP contribution in [0.1, 0.15) is 90.0 Å². The van der Waals surface area contributed by atoms with E-state index >= 15 is 0 Å². The zero-order chi connectivity index (χ0) is 22.4. The Labute approximate surface area is 174 Å². The second kappa shape index (κ2) is 7.44. The lowest BCUT2D eigenvalue weighted by molar-refractivity contribution is 0.00578. The maximum Gasteiger partial charge on any atom is 0.494 e. The minimum absolute atomic E-state index is 0.244. The molecule has 6 nitrogen and oxygen atoms in total. The minimum atomic E-state index is -0.719. The molecule has 1 saturated heterocycles. The summed E-state index contributed by atoms with van der Waals surface area (Å²) < 4.78 is 23.2. The van der Waals surface area contributed by atoms with E-state index in [2.05, 4.69) is 0 Å². The van der Waals surface area contributed by atoms with Crippen molar-refractivity contribution in [2.24, 2.45) is 0 Å². The predicted octanol–water partition coefficient (Wildman–Crippen LogP) is 3.90. The summed E-state index contributed by atoms with van der Waals surface area (Å²) in [5.74, 6) is -1.05. The Kier molecular flexibility index (Phi) is 6.01. The molecule has 1 aliphatic rings. The molecule has 1 fully saturated rings. The Morgan fingerprint density at radius 3 is 1.41 bits per heavy atom. The predicted molar refractivity (Wildman–Crippen MR) is 112 cm³/mol. The van der Waals surface area contributed by atoms with Gasteiger partial charge in [0.2, 0.25) is 0 Å². The van der Waals surface area contributed by atoms with E-state index < -0.39 is 41.5 Å². The Morgan fingerprint density at radius 1 is 0.759 bits per heavy atom. The molecule has 0 saturated carbocycles. The number of benzene rings is 1. The zero-order valence-corrected chi connectivity index (χ0v) is 19.3. The van der Waals surface area contributed by atoms with Gasteiger partial charge >= 0.3 is 19.1 Å². The van der Waals surface area contributed by atoms with Crippen LogP contribution in [0.15, 0.2) is 18.2 Å². The molecule has 1 aromatic carbocycles. The highest BCUT2D eigenvalue weighted by Gasteiger charge is 2.52. The van der Waals surface area contributed by atoms with Gasteiger partial charge in [-0.3, -0.25) is 0 Å². The molecule has 0 aliphatic carbocycles. The van der Waals surface area contributed by atoms with Crippen molar-refractivity contribution in [1.82, 2.24) is 0 Å². The quantitative estimate of drug-likeness (QED) is 0.562. The summed E-state index contributed by atoms with van der Waals surface area (Å²) in [5.41, 5.74) is -1.38. The molecular formula is C22H33BO6. The highest BCUT2D eigenvalue weighted by atomic mass is 16.7. The van der Waals surface area contributed by atoms with E-state index in [4.69, 9.17) is 18.8 Å².